The summed E-state index contributed by atoms with van der Waals surface area (Å²) in [5, 5.41) is 17.6. The van der Waals surface area contributed by atoms with E-state index in [-0.39, 0.29) is 19.6 Å². The van der Waals surface area contributed by atoms with Gasteiger partial charge in [-0.05, 0) is 72.8 Å². The molecule has 28 heavy (non-hydrogen) atoms. The van der Waals surface area contributed by atoms with E-state index < -0.39 is 19.7 Å². The minimum absolute atomic E-state index is 0.00852. The molecule has 0 radical (unpaired) electrons. The Hall–Kier alpha value is -2.92. The molecule has 3 rings (SSSR count). The summed E-state index contributed by atoms with van der Waals surface area (Å²) in [5.74, 6) is 0. The van der Waals surface area contributed by atoms with Gasteiger partial charge in [-0.1, -0.05) is 0 Å². The second-order valence-electron chi connectivity index (χ2n) is 5.75. The van der Waals surface area contributed by atoms with Gasteiger partial charge in [-0.3, -0.25) is 21.4 Å². The lowest BCUT2D eigenvalue weighted by Gasteiger charge is -2.08. The third kappa shape index (κ3) is 3.71. The SMILES string of the molecule is O=S(=O)(c1ccc(NO)cc1)c1ccc(S(=O)(=O)c2ccc(NO)cc2)cc1. The molecule has 0 aliphatic heterocycles. The van der Waals surface area contributed by atoms with E-state index in [1.807, 2.05) is 11.0 Å². The van der Waals surface area contributed by atoms with E-state index in [1.54, 1.807) is 0 Å². The van der Waals surface area contributed by atoms with E-state index in [4.69, 9.17) is 10.4 Å². The predicted octanol–water partition coefficient (Wildman–Crippen LogP) is 2.95. The molecule has 0 bridgehead atoms. The molecule has 0 aliphatic carbocycles. The topological polar surface area (TPSA) is 133 Å². The van der Waals surface area contributed by atoms with Crippen LogP contribution in [0.15, 0.2) is 92.4 Å². The molecular formula is C18H16N2O6S2. The normalized spacial score (nSPS) is 11.8. The number of sulfone groups is 2. The van der Waals surface area contributed by atoms with Crippen LogP contribution in [0.1, 0.15) is 0 Å². The predicted molar refractivity (Wildman–Crippen MR) is 101 cm³/mol. The van der Waals surface area contributed by atoms with Crippen molar-refractivity contribution in [1.82, 2.24) is 0 Å². The number of rotatable bonds is 6. The van der Waals surface area contributed by atoms with Crippen LogP contribution >= 0.6 is 0 Å². The lowest BCUT2D eigenvalue weighted by atomic mass is 10.3. The van der Waals surface area contributed by atoms with Crippen molar-refractivity contribution < 1.29 is 27.3 Å². The molecule has 0 unspecified atom stereocenters. The van der Waals surface area contributed by atoms with Crippen molar-refractivity contribution in [2.75, 3.05) is 11.0 Å². The van der Waals surface area contributed by atoms with Crippen molar-refractivity contribution in [1.29, 1.82) is 0 Å². The Bertz CT molecular complexity index is 1080. The highest BCUT2D eigenvalue weighted by molar-refractivity contribution is 7.92. The molecule has 0 amide bonds. The number of anilines is 2. The number of nitrogens with one attached hydrogen (secondary N) is 2. The molecule has 0 aliphatic rings. The molecule has 0 spiro atoms. The van der Waals surface area contributed by atoms with Crippen LogP contribution < -0.4 is 11.0 Å². The first kappa shape index (κ1) is 19.8. The molecular weight excluding hydrogens is 404 g/mol. The van der Waals surface area contributed by atoms with Crippen LogP contribution in [0.2, 0.25) is 0 Å². The van der Waals surface area contributed by atoms with Gasteiger partial charge in [0.1, 0.15) is 0 Å². The maximum atomic E-state index is 12.7. The zero-order valence-corrected chi connectivity index (χ0v) is 15.9. The van der Waals surface area contributed by atoms with Crippen molar-refractivity contribution in [2.24, 2.45) is 0 Å². The van der Waals surface area contributed by atoms with Crippen LogP contribution in [0.5, 0.6) is 0 Å². The number of benzene rings is 3. The fourth-order valence-corrected chi connectivity index (χ4v) is 5.01. The molecule has 3 aromatic carbocycles. The Morgan fingerprint density at radius 2 is 0.679 bits per heavy atom. The first-order chi connectivity index (χ1) is 13.3. The third-order valence-corrected chi connectivity index (χ3v) is 7.60. The monoisotopic (exact) mass is 420 g/mol. The van der Waals surface area contributed by atoms with Crippen LogP contribution in [0, 0.1) is 0 Å². The lowest BCUT2D eigenvalue weighted by Crippen LogP contribution is -2.05. The van der Waals surface area contributed by atoms with Crippen LogP contribution in [0.3, 0.4) is 0 Å². The molecule has 146 valence electrons. The molecule has 3 aromatic rings. The third-order valence-electron chi connectivity index (χ3n) is 4.03. The minimum Gasteiger partial charge on any atom is -0.291 e. The van der Waals surface area contributed by atoms with Gasteiger partial charge in [-0.15, -0.1) is 0 Å². The second-order valence-corrected chi connectivity index (χ2v) is 9.65. The molecule has 0 atom stereocenters. The van der Waals surface area contributed by atoms with E-state index in [0.29, 0.717) is 11.4 Å². The summed E-state index contributed by atoms with van der Waals surface area (Å²) >= 11 is 0. The molecule has 8 nitrogen and oxygen atoms in total. The zero-order chi connectivity index (χ0) is 20.4. The van der Waals surface area contributed by atoms with Crippen LogP contribution in [0.4, 0.5) is 11.4 Å². The Morgan fingerprint density at radius 3 is 0.893 bits per heavy atom. The molecule has 0 saturated carbocycles. The molecule has 0 heterocycles. The Labute approximate surface area is 161 Å². The maximum Gasteiger partial charge on any atom is 0.206 e. The quantitative estimate of drug-likeness (QED) is 0.448. The fourth-order valence-electron chi connectivity index (χ4n) is 2.49. The lowest BCUT2D eigenvalue weighted by molar-refractivity contribution is 0.388. The number of hydrogen-bond donors (Lipinski definition) is 4. The highest BCUT2D eigenvalue weighted by atomic mass is 32.2. The average molecular weight is 420 g/mol. The summed E-state index contributed by atoms with van der Waals surface area (Å²) in [7, 11) is -7.68. The fraction of sp³-hybridized carbons (Fsp3) is 0. The highest BCUT2D eigenvalue weighted by Crippen LogP contribution is 2.26. The van der Waals surface area contributed by atoms with Gasteiger partial charge in [0.15, 0.2) is 0 Å². The van der Waals surface area contributed by atoms with E-state index in [1.165, 1.54) is 72.8 Å². The van der Waals surface area contributed by atoms with Gasteiger partial charge in [0, 0.05) is 0 Å². The molecule has 0 aromatic heterocycles. The van der Waals surface area contributed by atoms with Gasteiger partial charge in [0.05, 0.1) is 31.0 Å². The average Bonchev–Trinajstić information content (AvgIpc) is 2.74. The highest BCUT2D eigenvalue weighted by Gasteiger charge is 2.21. The Kier molecular flexibility index (Phi) is 5.38. The van der Waals surface area contributed by atoms with Gasteiger partial charge in [0.2, 0.25) is 19.7 Å². The maximum absolute atomic E-state index is 12.7. The molecule has 0 fully saturated rings. The zero-order valence-electron chi connectivity index (χ0n) is 14.3. The van der Waals surface area contributed by atoms with Crippen LogP contribution in [-0.2, 0) is 19.7 Å². The van der Waals surface area contributed by atoms with Gasteiger partial charge >= 0.3 is 0 Å². The standard InChI is InChI=1S/C18H16N2O6S2/c21-19-13-1-5-15(6-2-13)27(23,24)17-9-11-18(12-10-17)28(25,26)16-7-3-14(20-22)4-8-16/h1-12,19-22H. The second kappa shape index (κ2) is 7.60. The van der Waals surface area contributed by atoms with E-state index >= 15 is 0 Å². The van der Waals surface area contributed by atoms with Gasteiger partial charge < -0.3 is 0 Å². The molecule has 0 saturated heterocycles. The van der Waals surface area contributed by atoms with Gasteiger partial charge in [-0.25, -0.2) is 16.8 Å². The van der Waals surface area contributed by atoms with Crippen molar-refractivity contribution in [3.63, 3.8) is 0 Å². The van der Waals surface area contributed by atoms with Gasteiger partial charge in [-0.2, -0.15) is 0 Å². The van der Waals surface area contributed by atoms with Crippen molar-refractivity contribution in [3.05, 3.63) is 72.8 Å². The van der Waals surface area contributed by atoms with Gasteiger partial charge in [0.25, 0.3) is 0 Å². The summed E-state index contributed by atoms with van der Waals surface area (Å²) in [6.07, 6.45) is 0. The largest absolute Gasteiger partial charge is 0.291 e. The summed E-state index contributed by atoms with van der Waals surface area (Å²) in [6, 6.07) is 15.8. The number of hydrogen-bond acceptors (Lipinski definition) is 8. The summed E-state index contributed by atoms with van der Waals surface area (Å²) in [4.78, 5) is -0.102. The smallest absolute Gasteiger partial charge is 0.206 e. The minimum atomic E-state index is -3.84. The molecule has 10 heteroatoms. The molecule has 4 N–H and O–H groups in total. The van der Waals surface area contributed by atoms with Crippen molar-refractivity contribution in [2.45, 2.75) is 19.6 Å². The van der Waals surface area contributed by atoms with Crippen molar-refractivity contribution >= 4 is 31.0 Å². The van der Waals surface area contributed by atoms with Crippen LogP contribution in [-0.4, -0.2) is 27.3 Å². The summed E-state index contributed by atoms with van der Waals surface area (Å²) < 4.78 is 50.7. The van der Waals surface area contributed by atoms with E-state index in [0.717, 1.165) is 0 Å². The van der Waals surface area contributed by atoms with E-state index in [2.05, 4.69) is 0 Å². The Morgan fingerprint density at radius 1 is 0.464 bits per heavy atom. The Balaban J connectivity index is 1.93. The first-order valence-electron chi connectivity index (χ1n) is 7.89. The van der Waals surface area contributed by atoms with E-state index in [9.17, 15) is 16.8 Å². The summed E-state index contributed by atoms with van der Waals surface area (Å²) in [6.45, 7) is 0. The first-order valence-corrected chi connectivity index (χ1v) is 10.9. The van der Waals surface area contributed by atoms with Crippen LogP contribution in [0.25, 0.3) is 0 Å². The summed E-state index contributed by atoms with van der Waals surface area (Å²) in [5.41, 5.74) is 4.50. The van der Waals surface area contributed by atoms with Crippen molar-refractivity contribution in [3.8, 4) is 0 Å².